The molecule has 0 saturated carbocycles. The van der Waals surface area contributed by atoms with Crippen molar-refractivity contribution in [1.29, 1.82) is 0 Å². The number of likely N-dealkylation sites (tertiary alicyclic amines) is 1. The van der Waals surface area contributed by atoms with Gasteiger partial charge >= 0.3 is 0 Å². The molecule has 2 bridgehead atoms. The number of carbonyl (C=O) groups is 1. The highest BCUT2D eigenvalue weighted by molar-refractivity contribution is 5.80. The molecular formula is C14H24N2O2. The second kappa shape index (κ2) is 5.17. The lowest BCUT2D eigenvalue weighted by Gasteiger charge is -2.38. The van der Waals surface area contributed by atoms with E-state index in [9.17, 15) is 4.79 Å². The molecular weight excluding hydrogens is 228 g/mol. The molecule has 1 amide bonds. The van der Waals surface area contributed by atoms with Crippen molar-refractivity contribution in [3.05, 3.63) is 0 Å². The fourth-order valence-electron chi connectivity index (χ4n) is 4.05. The number of piperidine rings is 1. The Hall–Kier alpha value is -0.610. The van der Waals surface area contributed by atoms with Crippen molar-refractivity contribution in [3.8, 4) is 0 Å². The van der Waals surface area contributed by atoms with Gasteiger partial charge in [-0.15, -0.1) is 0 Å². The monoisotopic (exact) mass is 252 g/mol. The van der Waals surface area contributed by atoms with Gasteiger partial charge in [0.25, 0.3) is 0 Å². The first-order valence-corrected chi connectivity index (χ1v) is 7.47. The summed E-state index contributed by atoms with van der Waals surface area (Å²) in [4.78, 5) is 14.8. The Bertz CT molecular complexity index is 319. The third kappa shape index (κ3) is 2.16. The van der Waals surface area contributed by atoms with Crippen LogP contribution in [-0.4, -0.2) is 47.2 Å². The Kier molecular flexibility index (Phi) is 3.57. The molecule has 4 nitrogen and oxygen atoms in total. The summed E-state index contributed by atoms with van der Waals surface area (Å²) < 4.78 is 0. The second-order valence-electron chi connectivity index (χ2n) is 6.08. The van der Waals surface area contributed by atoms with Gasteiger partial charge in [0.05, 0.1) is 5.92 Å². The lowest BCUT2D eigenvalue weighted by atomic mass is 9.86. The minimum atomic E-state index is 0.198. The Morgan fingerprint density at radius 3 is 2.83 bits per heavy atom. The number of aliphatic hydroxyl groups is 1. The SMILES string of the molecule is O=C(C1CC2CCC1N2)N1CCCCC1CCO. The van der Waals surface area contributed by atoms with Crippen LogP contribution in [0.2, 0.25) is 0 Å². The molecule has 4 heteroatoms. The van der Waals surface area contributed by atoms with Gasteiger partial charge in [0, 0.05) is 31.3 Å². The molecule has 0 spiro atoms. The van der Waals surface area contributed by atoms with E-state index in [2.05, 4.69) is 10.2 Å². The number of nitrogens with one attached hydrogen (secondary N) is 1. The molecule has 3 fully saturated rings. The average molecular weight is 252 g/mol. The van der Waals surface area contributed by atoms with Crippen molar-refractivity contribution >= 4 is 5.91 Å². The van der Waals surface area contributed by atoms with E-state index in [1.54, 1.807) is 0 Å². The predicted molar refractivity (Wildman–Crippen MR) is 69.1 cm³/mol. The molecule has 3 rings (SSSR count). The number of amides is 1. The molecule has 3 aliphatic rings. The van der Waals surface area contributed by atoms with Gasteiger partial charge < -0.3 is 15.3 Å². The standard InChI is InChI=1S/C14H24N2O2/c17-8-6-11-3-1-2-7-16(11)14(18)12-9-10-4-5-13(12)15-10/h10-13,15,17H,1-9H2. The van der Waals surface area contributed by atoms with Crippen molar-refractivity contribution in [2.24, 2.45) is 5.92 Å². The lowest BCUT2D eigenvalue weighted by Crippen LogP contribution is -2.49. The highest BCUT2D eigenvalue weighted by Gasteiger charge is 2.45. The molecule has 0 aromatic carbocycles. The number of hydrogen-bond donors (Lipinski definition) is 2. The molecule has 2 N–H and O–H groups in total. The van der Waals surface area contributed by atoms with Crippen LogP contribution in [0.3, 0.4) is 0 Å². The first-order chi connectivity index (χ1) is 8.79. The van der Waals surface area contributed by atoms with Crippen LogP contribution in [0, 0.1) is 5.92 Å². The van der Waals surface area contributed by atoms with Crippen molar-refractivity contribution < 1.29 is 9.90 Å². The molecule has 3 saturated heterocycles. The maximum atomic E-state index is 12.7. The Balaban J connectivity index is 1.66. The van der Waals surface area contributed by atoms with E-state index in [0.717, 1.165) is 32.2 Å². The molecule has 102 valence electrons. The minimum Gasteiger partial charge on any atom is -0.396 e. The normalized spacial score (nSPS) is 39.3. The average Bonchev–Trinajstić information content (AvgIpc) is 3.01. The quantitative estimate of drug-likeness (QED) is 0.784. The lowest BCUT2D eigenvalue weighted by molar-refractivity contribution is -0.140. The van der Waals surface area contributed by atoms with Gasteiger partial charge in [-0.3, -0.25) is 4.79 Å². The van der Waals surface area contributed by atoms with Crippen molar-refractivity contribution in [2.75, 3.05) is 13.2 Å². The van der Waals surface area contributed by atoms with E-state index in [1.165, 1.54) is 19.3 Å². The van der Waals surface area contributed by atoms with E-state index in [4.69, 9.17) is 5.11 Å². The van der Waals surface area contributed by atoms with Gasteiger partial charge in [0.1, 0.15) is 0 Å². The molecule has 4 atom stereocenters. The fraction of sp³-hybridized carbons (Fsp3) is 0.929. The molecule has 0 aromatic rings. The zero-order valence-corrected chi connectivity index (χ0v) is 11.0. The van der Waals surface area contributed by atoms with Crippen molar-refractivity contribution in [3.63, 3.8) is 0 Å². The largest absolute Gasteiger partial charge is 0.396 e. The summed E-state index contributed by atoms with van der Waals surface area (Å²) in [6.07, 6.45) is 7.59. The van der Waals surface area contributed by atoms with Crippen LogP contribution in [0.1, 0.15) is 44.9 Å². The van der Waals surface area contributed by atoms with Crippen LogP contribution in [-0.2, 0) is 4.79 Å². The summed E-state index contributed by atoms with van der Waals surface area (Å²) in [7, 11) is 0. The zero-order chi connectivity index (χ0) is 12.5. The number of carbonyl (C=O) groups excluding carboxylic acids is 1. The second-order valence-corrected chi connectivity index (χ2v) is 6.08. The number of nitrogens with zero attached hydrogens (tertiary/aromatic N) is 1. The highest BCUT2D eigenvalue weighted by Crippen LogP contribution is 2.35. The van der Waals surface area contributed by atoms with E-state index in [0.29, 0.717) is 18.0 Å². The Morgan fingerprint density at radius 2 is 2.17 bits per heavy atom. The minimum absolute atomic E-state index is 0.198. The first-order valence-electron chi connectivity index (χ1n) is 7.47. The van der Waals surface area contributed by atoms with Crippen LogP contribution < -0.4 is 5.32 Å². The third-order valence-corrected chi connectivity index (χ3v) is 4.99. The van der Waals surface area contributed by atoms with Crippen molar-refractivity contribution in [1.82, 2.24) is 10.2 Å². The zero-order valence-electron chi connectivity index (χ0n) is 11.0. The smallest absolute Gasteiger partial charge is 0.227 e. The number of rotatable bonds is 3. The van der Waals surface area contributed by atoms with E-state index in [-0.39, 0.29) is 18.6 Å². The Labute approximate surface area is 109 Å². The summed E-state index contributed by atoms with van der Waals surface area (Å²) in [5.41, 5.74) is 0. The van der Waals surface area contributed by atoms with Gasteiger partial charge in [-0.2, -0.15) is 0 Å². The molecule has 3 aliphatic heterocycles. The van der Waals surface area contributed by atoms with Gasteiger partial charge in [0.15, 0.2) is 0 Å². The molecule has 0 aromatic heterocycles. The summed E-state index contributed by atoms with van der Waals surface area (Å²) in [6, 6.07) is 1.31. The van der Waals surface area contributed by atoms with Crippen LogP contribution in [0.15, 0.2) is 0 Å². The molecule has 3 heterocycles. The highest BCUT2D eigenvalue weighted by atomic mass is 16.3. The van der Waals surface area contributed by atoms with Gasteiger partial charge in [-0.1, -0.05) is 0 Å². The molecule has 0 radical (unpaired) electrons. The van der Waals surface area contributed by atoms with Crippen LogP contribution in [0.25, 0.3) is 0 Å². The summed E-state index contributed by atoms with van der Waals surface area (Å²) in [6.45, 7) is 1.10. The van der Waals surface area contributed by atoms with Gasteiger partial charge in [0.2, 0.25) is 5.91 Å². The Morgan fingerprint density at radius 1 is 1.28 bits per heavy atom. The van der Waals surface area contributed by atoms with Gasteiger partial charge in [-0.25, -0.2) is 0 Å². The summed E-state index contributed by atoms with van der Waals surface area (Å²) >= 11 is 0. The van der Waals surface area contributed by atoms with Gasteiger partial charge in [-0.05, 0) is 44.9 Å². The summed E-state index contributed by atoms with van der Waals surface area (Å²) in [5.74, 6) is 0.566. The van der Waals surface area contributed by atoms with Crippen LogP contribution in [0.4, 0.5) is 0 Å². The molecule has 18 heavy (non-hydrogen) atoms. The van der Waals surface area contributed by atoms with E-state index < -0.39 is 0 Å². The fourth-order valence-corrected chi connectivity index (χ4v) is 4.05. The number of hydrogen-bond acceptors (Lipinski definition) is 3. The number of aliphatic hydroxyl groups excluding tert-OH is 1. The van der Waals surface area contributed by atoms with Crippen LogP contribution >= 0.6 is 0 Å². The van der Waals surface area contributed by atoms with Crippen molar-refractivity contribution in [2.45, 2.75) is 63.1 Å². The third-order valence-electron chi connectivity index (χ3n) is 4.99. The van der Waals surface area contributed by atoms with E-state index >= 15 is 0 Å². The molecule has 4 unspecified atom stereocenters. The maximum absolute atomic E-state index is 12.7. The number of fused-ring (bicyclic) bond motifs is 2. The molecule has 0 aliphatic carbocycles. The topological polar surface area (TPSA) is 52.6 Å². The maximum Gasteiger partial charge on any atom is 0.227 e. The van der Waals surface area contributed by atoms with Crippen LogP contribution in [0.5, 0.6) is 0 Å². The summed E-state index contributed by atoms with van der Waals surface area (Å²) in [5, 5.41) is 12.7. The predicted octanol–water partition coefficient (Wildman–Crippen LogP) is 0.890. The first kappa shape index (κ1) is 12.4. The van der Waals surface area contributed by atoms with E-state index in [1.807, 2.05) is 0 Å².